The smallest absolute Gasteiger partial charge is 0.418 e. The topological polar surface area (TPSA) is 68.5 Å². The minimum absolute atomic E-state index is 0.0746. The minimum atomic E-state index is -4.58. The third-order valence-corrected chi connectivity index (χ3v) is 7.43. The summed E-state index contributed by atoms with van der Waals surface area (Å²) in [6.07, 6.45) is 1.29. The van der Waals surface area contributed by atoms with Gasteiger partial charge in [0.25, 0.3) is 5.91 Å². The molecule has 2 saturated heterocycles. The van der Waals surface area contributed by atoms with Crippen molar-refractivity contribution in [3.8, 4) is 5.88 Å². The maximum atomic E-state index is 14.5. The summed E-state index contributed by atoms with van der Waals surface area (Å²) < 4.78 is 59.9. The Morgan fingerprint density at radius 2 is 1.82 bits per heavy atom. The first-order valence-electron chi connectivity index (χ1n) is 11.4. The van der Waals surface area contributed by atoms with Gasteiger partial charge in [0.2, 0.25) is 5.88 Å². The molecule has 3 fully saturated rings. The average molecular weight is 498 g/mol. The van der Waals surface area contributed by atoms with Crippen molar-refractivity contribution in [3.05, 3.63) is 57.5 Å². The number of pyridine rings is 1. The van der Waals surface area contributed by atoms with Gasteiger partial charge in [-0.25, -0.2) is 9.37 Å². The van der Waals surface area contributed by atoms with E-state index in [0.29, 0.717) is 25.3 Å². The number of nitrogens with two attached hydrogens (primary N) is 1. The normalized spacial score (nSPS) is 24.9. The molecule has 10 heteroatoms. The molecule has 2 N–H and O–H groups in total. The molecule has 0 radical (unpaired) electrons. The summed E-state index contributed by atoms with van der Waals surface area (Å²) in [7, 11) is 0. The maximum Gasteiger partial charge on any atom is 0.418 e. The van der Waals surface area contributed by atoms with Crippen LogP contribution in [0.15, 0.2) is 24.4 Å². The summed E-state index contributed by atoms with van der Waals surface area (Å²) in [5.74, 6) is -1.14. The summed E-state index contributed by atoms with van der Waals surface area (Å²) in [5, 5.41) is -0.462. The molecule has 1 aromatic heterocycles. The number of primary amides is 1. The minimum Gasteiger partial charge on any atom is -0.474 e. The lowest BCUT2D eigenvalue weighted by Gasteiger charge is -2.39. The second-order valence-corrected chi connectivity index (χ2v) is 9.85. The van der Waals surface area contributed by atoms with Gasteiger partial charge in [-0.15, -0.1) is 0 Å². The highest BCUT2D eigenvalue weighted by Gasteiger charge is 2.42. The van der Waals surface area contributed by atoms with E-state index in [2.05, 4.69) is 9.88 Å². The highest BCUT2D eigenvalue weighted by atomic mass is 35.5. The first kappa shape index (κ1) is 23.4. The Kier molecular flexibility index (Phi) is 5.96. The fraction of sp³-hybridized carbons (Fsp3) is 0.500. The van der Waals surface area contributed by atoms with Gasteiger partial charge in [0.1, 0.15) is 11.9 Å². The molecule has 2 bridgehead atoms. The molecule has 3 heterocycles. The van der Waals surface area contributed by atoms with Crippen molar-refractivity contribution in [2.24, 2.45) is 5.73 Å². The number of carbonyl (C=O) groups is 1. The van der Waals surface area contributed by atoms with E-state index in [4.69, 9.17) is 22.1 Å². The van der Waals surface area contributed by atoms with Crippen LogP contribution in [-0.2, 0) is 12.7 Å². The van der Waals surface area contributed by atoms with Crippen LogP contribution in [0.5, 0.6) is 5.88 Å². The van der Waals surface area contributed by atoms with E-state index in [-0.39, 0.29) is 29.6 Å². The number of piperidine rings is 1. The largest absolute Gasteiger partial charge is 0.474 e. The highest BCUT2D eigenvalue weighted by Crippen LogP contribution is 2.45. The number of benzene rings is 1. The number of hydrogen-bond acceptors (Lipinski definition) is 4. The van der Waals surface area contributed by atoms with Crippen LogP contribution in [0.2, 0.25) is 5.02 Å². The van der Waals surface area contributed by atoms with Crippen molar-refractivity contribution in [2.45, 2.75) is 75.4 Å². The van der Waals surface area contributed by atoms with Crippen molar-refractivity contribution in [1.29, 1.82) is 0 Å². The molecule has 1 aromatic carbocycles. The lowest BCUT2D eigenvalue weighted by atomic mass is 9.95. The van der Waals surface area contributed by atoms with E-state index in [1.54, 1.807) is 6.07 Å². The van der Waals surface area contributed by atoms with E-state index >= 15 is 0 Å². The van der Waals surface area contributed by atoms with Crippen molar-refractivity contribution < 1.29 is 27.1 Å². The summed E-state index contributed by atoms with van der Waals surface area (Å²) >= 11 is 5.66. The van der Waals surface area contributed by atoms with Crippen LogP contribution >= 0.6 is 11.6 Å². The number of amides is 1. The standard InChI is InChI=1S/C24H24ClF4N3O2/c25-20-10-31-22(9-19(20)24(27,28)29)34-16-6-14-3-4-15(7-16)32(14)11-13-5-21(26)18(23(30)33)8-17(13)12-1-2-12/h5,8-10,12,14-16H,1-4,6-7,11H2,(H2,30,33)/t14-,15+,16?. The zero-order chi connectivity index (χ0) is 24.2. The van der Waals surface area contributed by atoms with Crippen LogP contribution < -0.4 is 10.5 Å². The molecule has 1 unspecified atom stereocenters. The van der Waals surface area contributed by atoms with Gasteiger partial charge < -0.3 is 10.5 Å². The molecule has 5 nitrogen and oxygen atoms in total. The number of ether oxygens (including phenoxy) is 1. The Hall–Kier alpha value is -2.39. The monoisotopic (exact) mass is 497 g/mol. The predicted molar refractivity (Wildman–Crippen MR) is 117 cm³/mol. The number of nitrogens with zero attached hydrogens (tertiary/aromatic N) is 2. The van der Waals surface area contributed by atoms with E-state index in [0.717, 1.165) is 49.1 Å². The second kappa shape index (κ2) is 8.68. The van der Waals surface area contributed by atoms with Gasteiger partial charge in [-0.2, -0.15) is 13.2 Å². The fourth-order valence-corrected chi connectivity index (χ4v) is 5.59. The van der Waals surface area contributed by atoms with E-state index in [1.807, 2.05) is 0 Å². The quantitative estimate of drug-likeness (QED) is 0.539. The number of aromatic nitrogens is 1. The Bertz CT molecular complexity index is 1110. The predicted octanol–water partition coefficient (Wildman–Crippen LogP) is 5.44. The second-order valence-electron chi connectivity index (χ2n) is 9.44. The van der Waals surface area contributed by atoms with Gasteiger partial charge in [-0.1, -0.05) is 11.6 Å². The number of rotatable bonds is 6. The van der Waals surface area contributed by atoms with Gasteiger partial charge in [-0.3, -0.25) is 9.69 Å². The Morgan fingerprint density at radius 3 is 2.41 bits per heavy atom. The van der Waals surface area contributed by atoms with E-state index in [9.17, 15) is 22.4 Å². The van der Waals surface area contributed by atoms with Crippen molar-refractivity contribution >= 4 is 17.5 Å². The molecule has 34 heavy (non-hydrogen) atoms. The Morgan fingerprint density at radius 1 is 1.15 bits per heavy atom. The highest BCUT2D eigenvalue weighted by molar-refractivity contribution is 6.31. The van der Waals surface area contributed by atoms with Crippen LogP contribution in [0.25, 0.3) is 0 Å². The number of alkyl halides is 3. The summed E-state index contributed by atoms with van der Waals surface area (Å²) in [6, 6.07) is 4.23. The van der Waals surface area contributed by atoms with Crippen molar-refractivity contribution in [3.63, 3.8) is 0 Å². The van der Waals surface area contributed by atoms with Crippen molar-refractivity contribution in [2.75, 3.05) is 0 Å². The summed E-state index contributed by atoms with van der Waals surface area (Å²) in [6.45, 7) is 0.557. The Labute approximate surface area is 199 Å². The van der Waals surface area contributed by atoms with Crippen LogP contribution in [0.3, 0.4) is 0 Å². The molecule has 3 aliphatic rings. The van der Waals surface area contributed by atoms with Crippen LogP contribution in [0.4, 0.5) is 17.6 Å². The molecule has 2 aromatic rings. The summed E-state index contributed by atoms with van der Waals surface area (Å²) in [4.78, 5) is 17.9. The average Bonchev–Trinajstić information content (AvgIpc) is 3.56. The SMILES string of the molecule is NC(=O)c1cc(C2CC2)c(CN2[C@@H]3CC[C@H]2CC(Oc2cc(C(F)(F)F)c(Cl)cn2)C3)cc1F. The molecular weight excluding hydrogens is 474 g/mol. The number of fused-ring (bicyclic) bond motifs is 2. The Balaban J connectivity index is 1.31. The van der Waals surface area contributed by atoms with Gasteiger partial charge in [0.15, 0.2) is 0 Å². The first-order valence-corrected chi connectivity index (χ1v) is 11.7. The lowest BCUT2D eigenvalue weighted by molar-refractivity contribution is -0.137. The van der Waals surface area contributed by atoms with E-state index < -0.39 is 28.5 Å². The molecule has 5 rings (SSSR count). The summed E-state index contributed by atoms with van der Waals surface area (Å²) in [5.41, 5.74) is 6.15. The van der Waals surface area contributed by atoms with Gasteiger partial charge in [0.05, 0.1) is 22.3 Å². The number of carbonyl (C=O) groups excluding carboxylic acids is 1. The maximum absolute atomic E-state index is 14.5. The number of hydrogen-bond donors (Lipinski definition) is 1. The molecule has 2 aliphatic heterocycles. The zero-order valence-electron chi connectivity index (χ0n) is 18.2. The van der Waals surface area contributed by atoms with Crippen LogP contribution in [0, 0.1) is 5.82 Å². The molecule has 182 valence electrons. The zero-order valence-corrected chi connectivity index (χ0v) is 19.0. The molecule has 1 amide bonds. The first-order chi connectivity index (χ1) is 16.1. The van der Waals surface area contributed by atoms with Gasteiger partial charge in [0, 0.05) is 24.7 Å². The van der Waals surface area contributed by atoms with Crippen LogP contribution in [-0.4, -0.2) is 34.0 Å². The molecule has 1 saturated carbocycles. The van der Waals surface area contributed by atoms with Crippen LogP contribution in [0.1, 0.15) is 71.5 Å². The third-order valence-electron chi connectivity index (χ3n) is 7.13. The number of halogens is 5. The lowest BCUT2D eigenvalue weighted by Crippen LogP contribution is -2.46. The molecule has 3 atom stereocenters. The molecular formula is C24H24ClF4N3O2. The molecule has 0 spiro atoms. The van der Waals surface area contributed by atoms with Crippen molar-refractivity contribution in [1.82, 2.24) is 9.88 Å². The third kappa shape index (κ3) is 4.60. The fourth-order valence-electron chi connectivity index (χ4n) is 5.38. The van der Waals surface area contributed by atoms with Gasteiger partial charge in [-0.05, 0) is 67.7 Å². The molecule has 1 aliphatic carbocycles. The van der Waals surface area contributed by atoms with E-state index in [1.165, 1.54) is 6.07 Å². The van der Waals surface area contributed by atoms with Gasteiger partial charge >= 0.3 is 6.18 Å².